The Morgan fingerprint density at radius 1 is 1.52 bits per heavy atom. The number of benzene rings is 1. The van der Waals surface area contributed by atoms with Crippen molar-refractivity contribution in [3.63, 3.8) is 0 Å². The number of fused-ring (bicyclic) bond motifs is 1. The molecule has 1 heterocycles. The third-order valence-electron chi connectivity index (χ3n) is 3.24. The van der Waals surface area contributed by atoms with Crippen LogP contribution in [0.3, 0.4) is 0 Å². The fourth-order valence-corrected chi connectivity index (χ4v) is 3.46. The zero-order chi connectivity index (χ0) is 15.7. The van der Waals surface area contributed by atoms with Crippen LogP contribution >= 0.6 is 0 Å². The molecule has 2 rings (SSSR count). The molecule has 2 N–H and O–H groups in total. The molecule has 1 aliphatic rings. The maximum absolute atomic E-state index is 12.3. The van der Waals surface area contributed by atoms with Gasteiger partial charge in [0.05, 0.1) is 18.1 Å². The Kier molecular flexibility index (Phi) is 4.22. The molecule has 0 bridgehead atoms. The van der Waals surface area contributed by atoms with E-state index in [-0.39, 0.29) is 11.5 Å². The Morgan fingerprint density at radius 2 is 2.24 bits per heavy atom. The van der Waals surface area contributed by atoms with Crippen molar-refractivity contribution in [2.45, 2.75) is 23.8 Å². The van der Waals surface area contributed by atoms with Crippen molar-refractivity contribution < 1.29 is 27.8 Å². The molecule has 1 aromatic rings. The van der Waals surface area contributed by atoms with E-state index in [9.17, 15) is 18.3 Å². The van der Waals surface area contributed by atoms with E-state index >= 15 is 0 Å². The molecule has 7 nitrogen and oxygen atoms in total. The number of carbonyl (C=O) groups is 1. The molecule has 0 saturated carbocycles. The van der Waals surface area contributed by atoms with E-state index in [1.807, 2.05) is 0 Å². The molecule has 1 aliphatic heterocycles. The second-order valence-electron chi connectivity index (χ2n) is 5.04. The van der Waals surface area contributed by atoms with Crippen molar-refractivity contribution in [2.24, 2.45) is 0 Å². The van der Waals surface area contributed by atoms with Crippen molar-refractivity contribution in [2.75, 3.05) is 20.3 Å². The summed E-state index contributed by atoms with van der Waals surface area (Å²) in [5, 5.41) is 9.20. The number of nitrogens with one attached hydrogen (secondary N) is 1. The molecular formula is C13H17NO6S. The number of rotatable bonds is 6. The summed E-state index contributed by atoms with van der Waals surface area (Å²) >= 11 is 0. The van der Waals surface area contributed by atoms with E-state index < -0.39 is 21.5 Å². The average Bonchev–Trinajstić information content (AvgIpc) is 2.85. The molecular weight excluding hydrogens is 298 g/mol. The molecule has 0 amide bonds. The Hall–Kier alpha value is -1.64. The second kappa shape index (κ2) is 5.63. The number of hydrogen-bond acceptors (Lipinski definition) is 5. The highest BCUT2D eigenvalue weighted by Crippen LogP contribution is 2.28. The van der Waals surface area contributed by atoms with Crippen molar-refractivity contribution >= 4 is 16.0 Å². The van der Waals surface area contributed by atoms with E-state index in [4.69, 9.17) is 9.47 Å². The Labute approximate surface area is 122 Å². The highest BCUT2D eigenvalue weighted by molar-refractivity contribution is 7.89. The van der Waals surface area contributed by atoms with Crippen LogP contribution in [0.1, 0.15) is 12.5 Å². The zero-order valence-electron chi connectivity index (χ0n) is 11.8. The van der Waals surface area contributed by atoms with Crippen molar-refractivity contribution in [3.05, 3.63) is 23.8 Å². The van der Waals surface area contributed by atoms with Crippen LogP contribution in [-0.4, -0.2) is 45.4 Å². The van der Waals surface area contributed by atoms with E-state index in [1.54, 1.807) is 6.07 Å². The van der Waals surface area contributed by atoms with Gasteiger partial charge in [-0.05, 0) is 18.6 Å². The van der Waals surface area contributed by atoms with Crippen molar-refractivity contribution in [1.29, 1.82) is 0 Å². The van der Waals surface area contributed by atoms with E-state index in [0.29, 0.717) is 12.4 Å². The minimum Gasteiger partial charge on any atom is -0.493 e. The predicted octanol–water partition coefficient (Wildman–Crippen LogP) is 0.389. The summed E-state index contributed by atoms with van der Waals surface area (Å²) in [5.74, 6) is -0.799. The van der Waals surface area contributed by atoms with Gasteiger partial charge in [-0.3, -0.25) is 4.79 Å². The Morgan fingerprint density at radius 3 is 2.86 bits per heavy atom. The molecule has 1 aromatic carbocycles. The number of carboxylic acids is 1. The number of hydrogen-bond donors (Lipinski definition) is 2. The minimum absolute atomic E-state index is 0.0354. The highest BCUT2D eigenvalue weighted by atomic mass is 32.2. The van der Waals surface area contributed by atoms with Crippen LogP contribution in [0.5, 0.6) is 5.75 Å². The third-order valence-corrected chi connectivity index (χ3v) is 4.84. The maximum Gasteiger partial charge on any atom is 0.327 e. The lowest BCUT2D eigenvalue weighted by Crippen LogP contribution is -2.55. The molecule has 0 aromatic heterocycles. The largest absolute Gasteiger partial charge is 0.493 e. The Bertz CT molecular complexity index is 657. The molecule has 0 saturated heterocycles. The first-order valence-corrected chi connectivity index (χ1v) is 7.79. The predicted molar refractivity (Wildman–Crippen MR) is 73.9 cm³/mol. The number of ether oxygens (including phenoxy) is 2. The van der Waals surface area contributed by atoms with Gasteiger partial charge in [-0.15, -0.1) is 0 Å². The average molecular weight is 315 g/mol. The zero-order valence-corrected chi connectivity index (χ0v) is 12.6. The van der Waals surface area contributed by atoms with Crippen molar-refractivity contribution in [1.82, 2.24) is 4.72 Å². The fourth-order valence-electron chi connectivity index (χ4n) is 2.09. The quantitative estimate of drug-likeness (QED) is 0.787. The van der Waals surface area contributed by atoms with Crippen LogP contribution in [-0.2, 0) is 26.0 Å². The normalized spacial score (nSPS) is 16.9. The number of methoxy groups -OCH3 is 1. The molecule has 1 unspecified atom stereocenters. The van der Waals surface area contributed by atoms with Crippen LogP contribution in [0, 0.1) is 0 Å². The SMILES string of the molecule is COCC(C)(NS(=O)(=O)c1ccc2c(c1)OCC2)C(=O)O. The summed E-state index contributed by atoms with van der Waals surface area (Å²) in [6, 6.07) is 4.51. The standard InChI is InChI=1S/C13H17NO6S/c1-13(8-19-2,12(15)16)14-21(17,18)10-4-3-9-5-6-20-11(9)7-10/h3-4,7,14H,5-6,8H2,1-2H3,(H,15,16). The summed E-state index contributed by atoms with van der Waals surface area (Å²) in [5.41, 5.74) is -0.806. The second-order valence-corrected chi connectivity index (χ2v) is 6.73. The van der Waals surface area contributed by atoms with Gasteiger partial charge < -0.3 is 14.6 Å². The van der Waals surface area contributed by atoms with Gasteiger partial charge >= 0.3 is 5.97 Å². The lowest BCUT2D eigenvalue weighted by atomic mass is 10.1. The van der Waals surface area contributed by atoms with Crippen molar-refractivity contribution in [3.8, 4) is 5.75 Å². The number of carboxylic acid groups (broad SMARTS) is 1. The van der Waals surface area contributed by atoms with Crippen LogP contribution < -0.4 is 9.46 Å². The monoisotopic (exact) mass is 315 g/mol. The van der Waals surface area contributed by atoms with Gasteiger partial charge in [0.1, 0.15) is 5.75 Å². The highest BCUT2D eigenvalue weighted by Gasteiger charge is 2.38. The van der Waals surface area contributed by atoms with Gasteiger partial charge in [-0.25, -0.2) is 8.42 Å². The fraction of sp³-hybridized carbons (Fsp3) is 0.462. The molecule has 0 aliphatic carbocycles. The van der Waals surface area contributed by atoms with Gasteiger partial charge in [0.2, 0.25) is 10.0 Å². The Balaban J connectivity index is 2.31. The lowest BCUT2D eigenvalue weighted by Gasteiger charge is -2.25. The summed E-state index contributed by atoms with van der Waals surface area (Å²) in [7, 11) is -2.69. The first-order chi connectivity index (χ1) is 9.78. The summed E-state index contributed by atoms with van der Waals surface area (Å²) in [6.45, 7) is 1.48. The molecule has 1 atom stereocenters. The molecule has 0 spiro atoms. The van der Waals surface area contributed by atoms with Gasteiger partial charge in [-0.1, -0.05) is 6.07 Å². The molecule has 0 radical (unpaired) electrons. The van der Waals surface area contributed by atoms with E-state index in [1.165, 1.54) is 26.2 Å². The summed E-state index contributed by atoms with van der Waals surface area (Å²) in [6.07, 6.45) is 0.736. The first-order valence-electron chi connectivity index (χ1n) is 6.30. The van der Waals surface area contributed by atoms with Crippen LogP contribution in [0.25, 0.3) is 0 Å². The third kappa shape index (κ3) is 3.17. The molecule has 21 heavy (non-hydrogen) atoms. The van der Waals surface area contributed by atoms with Gasteiger partial charge in [0, 0.05) is 19.6 Å². The minimum atomic E-state index is -4.00. The van der Waals surface area contributed by atoms with Crippen LogP contribution in [0.4, 0.5) is 0 Å². The molecule has 116 valence electrons. The van der Waals surface area contributed by atoms with Crippen LogP contribution in [0.2, 0.25) is 0 Å². The van der Waals surface area contributed by atoms with E-state index in [2.05, 4.69) is 4.72 Å². The molecule has 0 fully saturated rings. The first kappa shape index (κ1) is 15.7. The smallest absolute Gasteiger partial charge is 0.327 e. The van der Waals surface area contributed by atoms with Gasteiger partial charge in [-0.2, -0.15) is 4.72 Å². The lowest BCUT2D eigenvalue weighted by molar-refractivity contribution is -0.145. The maximum atomic E-state index is 12.3. The van der Waals surface area contributed by atoms with Crippen LogP contribution in [0.15, 0.2) is 23.1 Å². The molecule has 8 heteroatoms. The summed E-state index contributed by atoms with van der Waals surface area (Å²) < 4.78 is 37.0. The number of aliphatic carboxylic acids is 1. The van der Waals surface area contributed by atoms with Gasteiger partial charge in [0.15, 0.2) is 5.54 Å². The number of sulfonamides is 1. The van der Waals surface area contributed by atoms with E-state index in [0.717, 1.165) is 12.0 Å². The summed E-state index contributed by atoms with van der Waals surface area (Å²) in [4.78, 5) is 11.2. The van der Waals surface area contributed by atoms with Gasteiger partial charge in [0.25, 0.3) is 0 Å². The topological polar surface area (TPSA) is 102 Å².